The van der Waals surface area contributed by atoms with E-state index in [1.807, 2.05) is 38.1 Å². The summed E-state index contributed by atoms with van der Waals surface area (Å²) in [7, 11) is 0. The summed E-state index contributed by atoms with van der Waals surface area (Å²) in [5.41, 5.74) is 4.65. The first kappa shape index (κ1) is 22.4. The predicted octanol–water partition coefficient (Wildman–Crippen LogP) is 3.73. The van der Waals surface area contributed by atoms with Crippen LogP contribution in [-0.2, 0) is 14.3 Å². The van der Waals surface area contributed by atoms with Crippen molar-refractivity contribution in [3.63, 3.8) is 0 Å². The van der Waals surface area contributed by atoms with Gasteiger partial charge in [-0.2, -0.15) is 0 Å². The molecule has 0 radical (unpaired) electrons. The fraction of sp³-hybridized carbons (Fsp3) is 0.444. The van der Waals surface area contributed by atoms with Crippen LogP contribution in [0, 0.1) is 23.7 Å². The Morgan fingerprint density at radius 2 is 1.56 bits per heavy atom. The second-order valence-corrected chi connectivity index (χ2v) is 10.0. The van der Waals surface area contributed by atoms with Crippen LogP contribution in [0.25, 0.3) is 11.1 Å². The number of amides is 2. The van der Waals surface area contributed by atoms with Crippen LogP contribution in [0.15, 0.2) is 48.5 Å². The molecule has 7 heteroatoms. The van der Waals surface area contributed by atoms with Crippen LogP contribution in [0.1, 0.15) is 37.3 Å². The molecule has 5 rings (SSSR count). The van der Waals surface area contributed by atoms with E-state index < -0.39 is 12.1 Å². The molecule has 3 unspecified atom stereocenters. The standard InChI is InChI=1S/C27H30N2O5/c1-15(2)23(11-24(30)29-12-20-21(13-29)25(20)26(31)32)28-27(33)34-14-22-18-9-5-3-7-16(18)17-8-4-6-10-19(17)22/h3-10,15,20-23,25H,11-14H2,1-2H3,(H,28,33)(H,31,32). The Labute approximate surface area is 199 Å². The number of rotatable bonds is 7. The van der Waals surface area contributed by atoms with Crippen molar-refractivity contribution in [1.29, 1.82) is 0 Å². The molecule has 7 nitrogen and oxygen atoms in total. The molecule has 2 aromatic carbocycles. The Balaban J connectivity index is 1.17. The number of carboxylic acids is 1. The third-order valence-corrected chi connectivity index (χ3v) is 7.68. The molecule has 0 bridgehead atoms. The van der Waals surface area contributed by atoms with Gasteiger partial charge < -0.3 is 20.1 Å². The zero-order chi connectivity index (χ0) is 24.0. The minimum absolute atomic E-state index is 0.0178. The molecule has 3 aliphatic rings. The number of ether oxygens (including phenoxy) is 1. The molecular formula is C27H30N2O5. The summed E-state index contributed by atoms with van der Waals surface area (Å²) in [5, 5.41) is 12.1. The normalized spacial score (nSPS) is 23.1. The van der Waals surface area contributed by atoms with Gasteiger partial charge in [0.05, 0.1) is 5.92 Å². The van der Waals surface area contributed by atoms with Gasteiger partial charge in [-0.15, -0.1) is 0 Å². The lowest BCUT2D eigenvalue weighted by molar-refractivity contribution is -0.141. The number of nitrogens with zero attached hydrogens (tertiary/aromatic N) is 1. The number of fused-ring (bicyclic) bond motifs is 4. The number of carbonyl (C=O) groups is 3. The van der Waals surface area contributed by atoms with Crippen molar-refractivity contribution in [1.82, 2.24) is 10.2 Å². The maximum Gasteiger partial charge on any atom is 0.407 e. The Morgan fingerprint density at radius 3 is 2.09 bits per heavy atom. The van der Waals surface area contributed by atoms with Gasteiger partial charge in [0.25, 0.3) is 0 Å². The van der Waals surface area contributed by atoms with Gasteiger partial charge in [0, 0.05) is 31.5 Å². The maximum absolute atomic E-state index is 12.8. The largest absolute Gasteiger partial charge is 0.481 e. The molecule has 1 saturated carbocycles. The predicted molar refractivity (Wildman–Crippen MR) is 126 cm³/mol. The number of aliphatic carboxylic acids is 1. The van der Waals surface area contributed by atoms with E-state index in [0.717, 1.165) is 11.1 Å². The van der Waals surface area contributed by atoms with E-state index in [2.05, 4.69) is 29.6 Å². The quantitative estimate of drug-likeness (QED) is 0.654. The van der Waals surface area contributed by atoms with Crippen molar-refractivity contribution in [2.45, 2.75) is 32.2 Å². The van der Waals surface area contributed by atoms with Crippen molar-refractivity contribution in [3.05, 3.63) is 59.7 Å². The average Bonchev–Trinajstić information content (AvgIpc) is 3.17. The molecule has 34 heavy (non-hydrogen) atoms. The van der Waals surface area contributed by atoms with Crippen molar-refractivity contribution in [2.75, 3.05) is 19.7 Å². The minimum Gasteiger partial charge on any atom is -0.481 e. The molecule has 2 aromatic rings. The number of nitrogens with one attached hydrogen (secondary N) is 1. The van der Waals surface area contributed by atoms with Crippen LogP contribution in [0.5, 0.6) is 0 Å². The molecule has 178 valence electrons. The second kappa shape index (κ2) is 8.78. The molecule has 0 spiro atoms. The number of alkyl carbamates (subject to hydrolysis) is 1. The number of piperidine rings is 1. The first-order valence-corrected chi connectivity index (χ1v) is 12.0. The van der Waals surface area contributed by atoms with Gasteiger partial charge >= 0.3 is 12.1 Å². The summed E-state index contributed by atoms with van der Waals surface area (Å²) < 4.78 is 5.65. The summed E-state index contributed by atoms with van der Waals surface area (Å²) in [6.07, 6.45) is -0.345. The Hall–Kier alpha value is -3.35. The number of hydrogen-bond donors (Lipinski definition) is 2. The Morgan fingerprint density at radius 1 is 1.00 bits per heavy atom. The van der Waals surface area contributed by atoms with Crippen molar-refractivity contribution in [2.24, 2.45) is 23.7 Å². The number of benzene rings is 2. The van der Waals surface area contributed by atoms with E-state index in [0.29, 0.717) is 13.1 Å². The smallest absolute Gasteiger partial charge is 0.407 e. The second-order valence-electron chi connectivity index (χ2n) is 10.0. The molecule has 2 amide bonds. The maximum atomic E-state index is 12.8. The molecule has 0 aromatic heterocycles. The fourth-order valence-electron chi connectivity index (χ4n) is 5.66. The van der Waals surface area contributed by atoms with E-state index in [-0.39, 0.29) is 54.6 Å². The van der Waals surface area contributed by atoms with Gasteiger partial charge in [0.2, 0.25) is 5.91 Å². The molecular weight excluding hydrogens is 432 g/mol. The highest BCUT2D eigenvalue weighted by Gasteiger charge is 2.60. The minimum atomic E-state index is -0.765. The number of likely N-dealkylation sites (tertiary alicyclic amines) is 1. The van der Waals surface area contributed by atoms with Crippen LogP contribution < -0.4 is 5.32 Å². The lowest BCUT2D eigenvalue weighted by Gasteiger charge is -2.26. The number of carbonyl (C=O) groups excluding carboxylic acids is 2. The first-order chi connectivity index (χ1) is 16.3. The topological polar surface area (TPSA) is 95.9 Å². The Bertz CT molecular complexity index is 1070. The van der Waals surface area contributed by atoms with Crippen LogP contribution >= 0.6 is 0 Å². The Kier molecular flexibility index (Phi) is 5.80. The monoisotopic (exact) mass is 462 g/mol. The molecule has 2 fully saturated rings. The summed E-state index contributed by atoms with van der Waals surface area (Å²) >= 11 is 0. The SMILES string of the molecule is CC(C)C(CC(=O)N1CC2C(C1)C2C(=O)O)NC(=O)OCC1c2ccccc2-c2ccccc21. The first-order valence-electron chi connectivity index (χ1n) is 12.0. The van der Waals surface area contributed by atoms with Gasteiger partial charge in [-0.3, -0.25) is 9.59 Å². The molecule has 1 saturated heterocycles. The van der Waals surface area contributed by atoms with Crippen LogP contribution in [0.2, 0.25) is 0 Å². The summed E-state index contributed by atoms with van der Waals surface area (Å²) in [6.45, 7) is 5.14. The third-order valence-electron chi connectivity index (χ3n) is 7.68. The van der Waals surface area contributed by atoms with E-state index in [1.165, 1.54) is 11.1 Å². The average molecular weight is 463 g/mol. The van der Waals surface area contributed by atoms with Gasteiger partial charge in [0.1, 0.15) is 6.61 Å². The van der Waals surface area contributed by atoms with Crippen molar-refractivity contribution < 1.29 is 24.2 Å². The highest BCUT2D eigenvalue weighted by molar-refractivity contribution is 5.81. The lowest BCUT2D eigenvalue weighted by Crippen LogP contribution is -2.44. The zero-order valence-corrected chi connectivity index (χ0v) is 19.4. The number of hydrogen-bond acceptors (Lipinski definition) is 4. The summed E-state index contributed by atoms with van der Waals surface area (Å²) in [6, 6.07) is 16.0. The van der Waals surface area contributed by atoms with E-state index in [4.69, 9.17) is 4.74 Å². The van der Waals surface area contributed by atoms with Crippen LogP contribution in [-0.4, -0.2) is 53.7 Å². The van der Waals surface area contributed by atoms with Gasteiger partial charge in [-0.05, 0) is 40.0 Å². The fourth-order valence-corrected chi connectivity index (χ4v) is 5.66. The number of carboxylic acid groups (broad SMARTS) is 1. The van der Waals surface area contributed by atoms with E-state index >= 15 is 0 Å². The molecule has 2 aliphatic carbocycles. The van der Waals surface area contributed by atoms with Gasteiger partial charge in [-0.1, -0.05) is 62.4 Å². The summed E-state index contributed by atoms with van der Waals surface area (Å²) in [4.78, 5) is 38.4. The summed E-state index contributed by atoms with van der Waals surface area (Å²) in [5.74, 6) is -0.927. The van der Waals surface area contributed by atoms with Gasteiger partial charge in [-0.25, -0.2) is 4.79 Å². The van der Waals surface area contributed by atoms with Crippen molar-refractivity contribution in [3.8, 4) is 11.1 Å². The van der Waals surface area contributed by atoms with Crippen molar-refractivity contribution >= 4 is 18.0 Å². The molecule has 3 atom stereocenters. The highest BCUT2D eigenvalue weighted by atomic mass is 16.5. The zero-order valence-electron chi connectivity index (χ0n) is 19.4. The molecule has 1 heterocycles. The van der Waals surface area contributed by atoms with Crippen LogP contribution in [0.3, 0.4) is 0 Å². The van der Waals surface area contributed by atoms with Crippen LogP contribution in [0.4, 0.5) is 4.79 Å². The molecule has 1 aliphatic heterocycles. The van der Waals surface area contributed by atoms with Gasteiger partial charge in [0.15, 0.2) is 0 Å². The molecule has 2 N–H and O–H groups in total. The lowest BCUT2D eigenvalue weighted by atomic mass is 9.98. The third kappa shape index (κ3) is 4.04. The van der Waals surface area contributed by atoms with E-state index in [9.17, 15) is 19.5 Å². The highest BCUT2D eigenvalue weighted by Crippen LogP contribution is 2.51. The van der Waals surface area contributed by atoms with E-state index in [1.54, 1.807) is 4.90 Å².